The highest BCUT2D eigenvalue weighted by Gasteiger charge is 2.25. The van der Waals surface area contributed by atoms with E-state index >= 15 is 0 Å². The van der Waals surface area contributed by atoms with Crippen LogP contribution in [-0.4, -0.2) is 66.3 Å². The fraction of sp³-hybridized carbons (Fsp3) is 0.526. The molecule has 0 saturated carbocycles. The van der Waals surface area contributed by atoms with Crippen molar-refractivity contribution in [1.29, 1.82) is 0 Å². The van der Waals surface area contributed by atoms with Crippen molar-refractivity contribution < 1.29 is 14.4 Å². The van der Waals surface area contributed by atoms with Crippen molar-refractivity contribution in [2.24, 2.45) is 0 Å². The largest absolute Gasteiger partial charge is 0.356 e. The molecule has 0 aromatic heterocycles. The molecule has 1 heterocycles. The molecular formula is C19H28N4O3. The number of nitrogens with zero attached hydrogens (tertiary/aromatic N) is 2. The van der Waals surface area contributed by atoms with Crippen molar-refractivity contribution in [3.05, 3.63) is 35.9 Å². The van der Waals surface area contributed by atoms with Crippen LogP contribution in [0.15, 0.2) is 30.3 Å². The molecule has 1 aromatic carbocycles. The Balaban J connectivity index is 1.71. The number of rotatable bonds is 7. The van der Waals surface area contributed by atoms with Gasteiger partial charge in [0.1, 0.15) is 6.04 Å². The second kappa shape index (κ2) is 9.91. The number of carbonyl (C=O) groups is 3. The molecule has 1 fully saturated rings. The van der Waals surface area contributed by atoms with Gasteiger partial charge in [-0.1, -0.05) is 30.3 Å². The third kappa shape index (κ3) is 6.48. The maximum atomic E-state index is 12.5. The minimum Gasteiger partial charge on any atom is -0.356 e. The molecule has 0 radical (unpaired) electrons. The molecule has 7 heteroatoms. The Bertz CT molecular complexity index is 612. The number of benzene rings is 1. The van der Waals surface area contributed by atoms with Crippen molar-refractivity contribution in [1.82, 2.24) is 20.4 Å². The van der Waals surface area contributed by atoms with E-state index in [1.807, 2.05) is 18.2 Å². The van der Waals surface area contributed by atoms with Crippen LogP contribution < -0.4 is 10.6 Å². The van der Waals surface area contributed by atoms with Crippen molar-refractivity contribution in [2.45, 2.75) is 32.9 Å². The monoisotopic (exact) mass is 360 g/mol. The Labute approximate surface area is 154 Å². The molecule has 0 spiro atoms. The summed E-state index contributed by atoms with van der Waals surface area (Å²) in [5.41, 5.74) is 1.27. The highest BCUT2D eigenvalue weighted by molar-refractivity contribution is 5.87. The van der Waals surface area contributed by atoms with E-state index in [2.05, 4.69) is 27.7 Å². The molecule has 0 aliphatic carbocycles. The molecule has 2 rings (SSSR count). The van der Waals surface area contributed by atoms with E-state index < -0.39 is 6.04 Å². The Kier molecular flexibility index (Phi) is 7.59. The fourth-order valence-corrected chi connectivity index (χ4v) is 2.97. The van der Waals surface area contributed by atoms with Crippen LogP contribution in [0.2, 0.25) is 0 Å². The van der Waals surface area contributed by atoms with Crippen LogP contribution in [0.3, 0.4) is 0 Å². The van der Waals surface area contributed by atoms with Gasteiger partial charge in [0.25, 0.3) is 0 Å². The first-order valence-electron chi connectivity index (χ1n) is 9.04. The summed E-state index contributed by atoms with van der Waals surface area (Å²) in [6.07, 6.45) is 0.169. The lowest BCUT2D eigenvalue weighted by Gasteiger charge is -2.36. The number of nitrogens with one attached hydrogen (secondary N) is 2. The molecule has 1 aromatic rings. The number of hydrogen-bond acceptors (Lipinski definition) is 4. The van der Waals surface area contributed by atoms with E-state index in [1.165, 1.54) is 12.5 Å². The zero-order valence-corrected chi connectivity index (χ0v) is 15.5. The number of carbonyl (C=O) groups excluding carboxylic acids is 3. The molecule has 1 atom stereocenters. The topological polar surface area (TPSA) is 81.8 Å². The summed E-state index contributed by atoms with van der Waals surface area (Å²) in [7, 11) is 0. The summed E-state index contributed by atoms with van der Waals surface area (Å²) in [5.74, 6) is -0.463. The number of amides is 3. The van der Waals surface area contributed by atoms with Gasteiger partial charge in [0.15, 0.2) is 0 Å². The second-order valence-corrected chi connectivity index (χ2v) is 6.61. The zero-order chi connectivity index (χ0) is 18.9. The van der Waals surface area contributed by atoms with E-state index in [0.29, 0.717) is 13.1 Å². The smallest absolute Gasteiger partial charge is 0.244 e. The minimum absolute atomic E-state index is 0.0581. The van der Waals surface area contributed by atoms with Crippen molar-refractivity contribution >= 4 is 17.7 Å². The molecule has 1 unspecified atom stereocenters. The van der Waals surface area contributed by atoms with Gasteiger partial charge < -0.3 is 15.5 Å². The van der Waals surface area contributed by atoms with Crippen LogP contribution in [0.5, 0.6) is 0 Å². The normalized spacial score (nSPS) is 16.0. The van der Waals surface area contributed by atoms with Crippen LogP contribution in [0.25, 0.3) is 0 Å². The highest BCUT2D eigenvalue weighted by Crippen LogP contribution is 2.09. The first kappa shape index (κ1) is 19.9. The predicted molar refractivity (Wildman–Crippen MR) is 99.2 cm³/mol. The van der Waals surface area contributed by atoms with Gasteiger partial charge in [-0.05, 0) is 12.5 Å². The number of piperazine rings is 1. The maximum Gasteiger partial charge on any atom is 0.244 e. The summed E-state index contributed by atoms with van der Waals surface area (Å²) in [4.78, 5) is 39.3. The first-order chi connectivity index (χ1) is 12.5. The van der Waals surface area contributed by atoms with Gasteiger partial charge in [-0.3, -0.25) is 19.3 Å². The van der Waals surface area contributed by atoms with Gasteiger partial charge >= 0.3 is 0 Å². The van der Waals surface area contributed by atoms with Crippen LogP contribution >= 0.6 is 0 Å². The van der Waals surface area contributed by atoms with E-state index in [9.17, 15) is 14.4 Å². The third-order valence-corrected chi connectivity index (χ3v) is 4.41. The molecule has 7 nitrogen and oxygen atoms in total. The van der Waals surface area contributed by atoms with Crippen LogP contribution in [0.1, 0.15) is 25.8 Å². The van der Waals surface area contributed by atoms with Gasteiger partial charge in [-0.15, -0.1) is 0 Å². The van der Waals surface area contributed by atoms with E-state index in [4.69, 9.17) is 0 Å². The van der Waals surface area contributed by atoms with Gasteiger partial charge in [0.05, 0.1) is 0 Å². The average molecular weight is 360 g/mol. The van der Waals surface area contributed by atoms with Gasteiger partial charge in [-0.25, -0.2) is 0 Å². The fourth-order valence-electron chi connectivity index (χ4n) is 2.97. The summed E-state index contributed by atoms with van der Waals surface area (Å²) < 4.78 is 0. The summed E-state index contributed by atoms with van der Waals surface area (Å²) in [6, 6.07) is 9.73. The zero-order valence-electron chi connectivity index (χ0n) is 15.5. The minimum atomic E-state index is -0.555. The van der Waals surface area contributed by atoms with Crippen molar-refractivity contribution in [3.8, 4) is 0 Å². The summed E-state index contributed by atoms with van der Waals surface area (Å²) in [5, 5.41) is 5.27. The maximum absolute atomic E-state index is 12.5. The molecule has 2 N–H and O–H groups in total. The van der Waals surface area contributed by atoms with Gasteiger partial charge in [-0.2, -0.15) is 0 Å². The Morgan fingerprint density at radius 1 is 1.08 bits per heavy atom. The molecule has 3 amide bonds. The molecule has 142 valence electrons. The summed E-state index contributed by atoms with van der Waals surface area (Å²) >= 11 is 0. The average Bonchev–Trinajstić information content (AvgIpc) is 2.62. The SMILES string of the molecule is CC(=O)NCCC(=O)NC(C)C(=O)N1CCN(Cc2ccccc2)CC1. The first-order valence-corrected chi connectivity index (χ1v) is 9.04. The molecule has 0 bridgehead atoms. The van der Waals surface area contributed by atoms with E-state index in [1.54, 1.807) is 11.8 Å². The summed E-state index contributed by atoms with van der Waals surface area (Å²) in [6.45, 7) is 7.25. The van der Waals surface area contributed by atoms with Gasteiger partial charge in [0.2, 0.25) is 17.7 Å². The molecule has 26 heavy (non-hydrogen) atoms. The van der Waals surface area contributed by atoms with Gasteiger partial charge in [0, 0.05) is 52.6 Å². The van der Waals surface area contributed by atoms with Crippen LogP contribution in [-0.2, 0) is 20.9 Å². The lowest BCUT2D eigenvalue weighted by atomic mass is 10.2. The van der Waals surface area contributed by atoms with Crippen molar-refractivity contribution in [2.75, 3.05) is 32.7 Å². The molecule has 1 saturated heterocycles. The Hall–Kier alpha value is -2.41. The number of hydrogen-bond donors (Lipinski definition) is 2. The van der Waals surface area contributed by atoms with Crippen molar-refractivity contribution in [3.63, 3.8) is 0 Å². The van der Waals surface area contributed by atoms with Crippen LogP contribution in [0, 0.1) is 0 Å². The standard InChI is InChI=1S/C19H28N4O3/c1-15(21-18(25)8-9-20-16(2)24)19(26)23-12-10-22(11-13-23)14-17-6-4-3-5-7-17/h3-7,15H,8-14H2,1-2H3,(H,20,24)(H,21,25). The quantitative estimate of drug-likeness (QED) is 0.736. The Morgan fingerprint density at radius 2 is 1.73 bits per heavy atom. The molecular weight excluding hydrogens is 332 g/mol. The predicted octanol–water partition coefficient (Wildman–Crippen LogP) is 0.362. The molecule has 1 aliphatic heterocycles. The highest BCUT2D eigenvalue weighted by atomic mass is 16.2. The lowest BCUT2D eigenvalue weighted by Crippen LogP contribution is -2.54. The Morgan fingerprint density at radius 3 is 2.35 bits per heavy atom. The molecule has 1 aliphatic rings. The van der Waals surface area contributed by atoms with E-state index in [0.717, 1.165) is 19.6 Å². The third-order valence-electron chi connectivity index (χ3n) is 4.41. The lowest BCUT2D eigenvalue weighted by molar-refractivity contribution is -0.137. The van der Waals surface area contributed by atoms with E-state index in [-0.39, 0.29) is 30.7 Å². The van der Waals surface area contributed by atoms with Crippen LogP contribution in [0.4, 0.5) is 0 Å². The second-order valence-electron chi connectivity index (χ2n) is 6.61.